The molecule has 0 rings (SSSR count). The minimum absolute atomic E-state index is 0.0608. The van der Waals surface area contributed by atoms with Gasteiger partial charge in [0.25, 0.3) is 10.1 Å². The summed E-state index contributed by atoms with van der Waals surface area (Å²) in [5.41, 5.74) is 0. The van der Waals surface area contributed by atoms with Gasteiger partial charge in [0.1, 0.15) is 5.78 Å². The lowest BCUT2D eigenvalue weighted by atomic mass is 10.1. The Labute approximate surface area is 105 Å². The van der Waals surface area contributed by atoms with E-state index in [2.05, 4.69) is 6.92 Å². The Hall–Kier alpha value is -0.420. The van der Waals surface area contributed by atoms with Gasteiger partial charge in [0.2, 0.25) is 0 Å². The molecule has 1 N–H and O–H groups in total. The molecule has 0 bridgehead atoms. The van der Waals surface area contributed by atoms with E-state index in [0.29, 0.717) is 6.42 Å². The van der Waals surface area contributed by atoms with Crippen LogP contribution in [0.3, 0.4) is 0 Å². The Bertz CT molecular complexity index is 296. The predicted octanol–water partition coefficient (Wildman–Crippen LogP) is 2.97. The maximum absolute atomic E-state index is 11.2. The first-order valence-corrected chi connectivity index (χ1v) is 8.03. The Kier molecular flexibility index (Phi) is 9.36. The van der Waals surface area contributed by atoms with Gasteiger partial charge in [-0.3, -0.25) is 9.35 Å². The molecule has 17 heavy (non-hydrogen) atoms. The normalized spacial score (nSPS) is 11.6. The SMILES string of the molecule is CCCCCCCCCC(=O)CCS(=O)(=O)O. The zero-order valence-corrected chi connectivity index (χ0v) is 11.5. The van der Waals surface area contributed by atoms with Gasteiger partial charge in [0.05, 0.1) is 5.75 Å². The lowest BCUT2D eigenvalue weighted by Crippen LogP contribution is -2.09. The highest BCUT2D eigenvalue weighted by molar-refractivity contribution is 7.85. The van der Waals surface area contributed by atoms with E-state index in [1.807, 2.05) is 0 Å². The van der Waals surface area contributed by atoms with Crippen LogP contribution >= 0.6 is 0 Å². The summed E-state index contributed by atoms with van der Waals surface area (Å²) in [6.07, 6.45) is 8.35. The molecule has 5 heteroatoms. The molecule has 0 spiro atoms. The first-order chi connectivity index (χ1) is 7.95. The highest BCUT2D eigenvalue weighted by Gasteiger charge is 2.09. The van der Waals surface area contributed by atoms with E-state index in [1.54, 1.807) is 0 Å². The molecule has 0 aromatic carbocycles. The summed E-state index contributed by atoms with van der Waals surface area (Å²) in [4.78, 5) is 11.2. The van der Waals surface area contributed by atoms with Crippen molar-refractivity contribution in [3.05, 3.63) is 0 Å². The Balaban J connectivity index is 3.34. The van der Waals surface area contributed by atoms with Crippen LogP contribution in [0.1, 0.15) is 64.7 Å². The second-order valence-corrected chi connectivity index (χ2v) is 6.02. The van der Waals surface area contributed by atoms with E-state index in [0.717, 1.165) is 19.3 Å². The third-order valence-electron chi connectivity index (χ3n) is 2.70. The topological polar surface area (TPSA) is 71.4 Å². The van der Waals surface area contributed by atoms with E-state index in [9.17, 15) is 13.2 Å². The lowest BCUT2D eigenvalue weighted by Gasteiger charge is -2.01. The fourth-order valence-electron chi connectivity index (χ4n) is 1.65. The van der Waals surface area contributed by atoms with Gasteiger partial charge in [-0.15, -0.1) is 0 Å². The van der Waals surface area contributed by atoms with Gasteiger partial charge in [0.15, 0.2) is 0 Å². The molecule has 0 aromatic heterocycles. The van der Waals surface area contributed by atoms with Gasteiger partial charge in [-0.2, -0.15) is 8.42 Å². The largest absolute Gasteiger partial charge is 0.300 e. The van der Waals surface area contributed by atoms with Crippen molar-refractivity contribution in [2.24, 2.45) is 0 Å². The third-order valence-corrected chi connectivity index (χ3v) is 3.42. The van der Waals surface area contributed by atoms with Gasteiger partial charge >= 0.3 is 0 Å². The van der Waals surface area contributed by atoms with Gasteiger partial charge in [-0.25, -0.2) is 0 Å². The van der Waals surface area contributed by atoms with E-state index in [1.165, 1.54) is 25.7 Å². The zero-order chi connectivity index (χ0) is 13.1. The molecule has 0 aliphatic rings. The van der Waals surface area contributed by atoms with Crippen molar-refractivity contribution in [2.45, 2.75) is 64.7 Å². The van der Waals surface area contributed by atoms with Crippen molar-refractivity contribution in [3.8, 4) is 0 Å². The summed E-state index contributed by atoms with van der Waals surface area (Å²) in [6.45, 7) is 2.17. The van der Waals surface area contributed by atoms with Crippen LogP contribution in [0.25, 0.3) is 0 Å². The standard InChI is InChI=1S/C12H24O4S/c1-2-3-4-5-6-7-8-9-12(13)10-11-17(14,15)16/h2-11H2,1H3,(H,14,15,16). The monoisotopic (exact) mass is 264 g/mol. The summed E-state index contributed by atoms with van der Waals surface area (Å²) < 4.78 is 29.3. The Morgan fingerprint density at radius 3 is 2.00 bits per heavy atom. The third kappa shape index (κ3) is 13.5. The average molecular weight is 264 g/mol. The molecular weight excluding hydrogens is 240 g/mol. The number of carbonyl (C=O) groups is 1. The van der Waals surface area contributed by atoms with Crippen molar-refractivity contribution >= 4 is 15.9 Å². The average Bonchev–Trinajstić information content (AvgIpc) is 2.24. The van der Waals surface area contributed by atoms with E-state index >= 15 is 0 Å². The van der Waals surface area contributed by atoms with Crippen LogP contribution in [-0.2, 0) is 14.9 Å². The van der Waals surface area contributed by atoms with Crippen LogP contribution in [0.15, 0.2) is 0 Å². The molecule has 102 valence electrons. The molecule has 0 heterocycles. The molecule has 0 aliphatic heterocycles. The minimum atomic E-state index is -3.99. The van der Waals surface area contributed by atoms with Crippen LogP contribution in [-0.4, -0.2) is 24.5 Å². The van der Waals surface area contributed by atoms with E-state index in [4.69, 9.17) is 4.55 Å². The molecule has 0 atom stereocenters. The summed E-state index contributed by atoms with van der Waals surface area (Å²) in [7, 11) is -3.99. The molecule has 0 saturated carbocycles. The molecule has 0 saturated heterocycles. The lowest BCUT2D eigenvalue weighted by molar-refractivity contribution is -0.118. The summed E-state index contributed by atoms with van der Waals surface area (Å²) in [5, 5.41) is 0. The van der Waals surface area contributed by atoms with E-state index in [-0.39, 0.29) is 12.2 Å². The smallest absolute Gasteiger partial charge is 0.265 e. The number of ketones is 1. The van der Waals surface area contributed by atoms with Crippen LogP contribution in [0.2, 0.25) is 0 Å². The highest BCUT2D eigenvalue weighted by Crippen LogP contribution is 2.09. The zero-order valence-electron chi connectivity index (χ0n) is 10.7. The van der Waals surface area contributed by atoms with Gasteiger partial charge in [-0.05, 0) is 6.42 Å². The van der Waals surface area contributed by atoms with Crippen molar-refractivity contribution in [1.82, 2.24) is 0 Å². The van der Waals surface area contributed by atoms with Crippen molar-refractivity contribution in [1.29, 1.82) is 0 Å². The molecule has 0 radical (unpaired) electrons. The van der Waals surface area contributed by atoms with Gasteiger partial charge in [-0.1, -0.05) is 45.4 Å². The molecule has 0 unspecified atom stereocenters. The Morgan fingerprint density at radius 1 is 0.941 bits per heavy atom. The van der Waals surface area contributed by atoms with Crippen molar-refractivity contribution in [3.63, 3.8) is 0 Å². The second-order valence-electron chi connectivity index (χ2n) is 4.45. The van der Waals surface area contributed by atoms with Crippen LogP contribution < -0.4 is 0 Å². The fourth-order valence-corrected chi connectivity index (χ4v) is 2.13. The molecular formula is C12H24O4S. The molecule has 0 aromatic rings. The maximum atomic E-state index is 11.2. The fraction of sp³-hybridized carbons (Fsp3) is 0.917. The van der Waals surface area contributed by atoms with Crippen LogP contribution in [0, 0.1) is 0 Å². The quantitative estimate of drug-likeness (QED) is 0.460. The number of carbonyl (C=O) groups excluding carboxylic acids is 1. The number of unbranched alkanes of at least 4 members (excludes halogenated alkanes) is 6. The summed E-state index contributed by atoms with van der Waals surface area (Å²) >= 11 is 0. The molecule has 0 amide bonds. The van der Waals surface area contributed by atoms with Crippen molar-refractivity contribution in [2.75, 3.05) is 5.75 Å². The van der Waals surface area contributed by atoms with Gasteiger partial charge < -0.3 is 0 Å². The minimum Gasteiger partial charge on any atom is -0.300 e. The van der Waals surface area contributed by atoms with E-state index < -0.39 is 15.9 Å². The predicted molar refractivity (Wildman–Crippen MR) is 68.6 cm³/mol. The molecule has 0 aliphatic carbocycles. The number of hydrogen-bond donors (Lipinski definition) is 1. The molecule has 0 fully saturated rings. The first kappa shape index (κ1) is 16.6. The van der Waals surface area contributed by atoms with Crippen LogP contribution in [0.5, 0.6) is 0 Å². The molecule has 4 nitrogen and oxygen atoms in total. The second kappa shape index (κ2) is 9.59. The first-order valence-electron chi connectivity index (χ1n) is 6.42. The maximum Gasteiger partial charge on any atom is 0.265 e. The highest BCUT2D eigenvalue weighted by atomic mass is 32.2. The Morgan fingerprint density at radius 2 is 1.47 bits per heavy atom. The number of rotatable bonds is 11. The van der Waals surface area contributed by atoms with Crippen molar-refractivity contribution < 1.29 is 17.8 Å². The van der Waals surface area contributed by atoms with Crippen LogP contribution in [0.4, 0.5) is 0 Å². The van der Waals surface area contributed by atoms with Gasteiger partial charge in [0, 0.05) is 12.8 Å². The summed E-state index contributed by atoms with van der Waals surface area (Å²) in [6, 6.07) is 0. The summed E-state index contributed by atoms with van der Waals surface area (Å²) in [5.74, 6) is -0.515. The number of hydrogen-bond acceptors (Lipinski definition) is 3. The number of Topliss-reactive ketones (excluding diaryl/α,β-unsaturated/α-hetero) is 1.